The SMILES string of the molecule is O=C(OCC12C3CCC(CC31)C2(F)F)c1ccc2ccnc(Cl)c2n1. The normalized spacial score (nSPS) is 34.1. The topological polar surface area (TPSA) is 52.1 Å². The van der Waals surface area contributed by atoms with Gasteiger partial charge in [0.2, 0.25) is 0 Å². The van der Waals surface area contributed by atoms with E-state index in [1.807, 2.05) is 0 Å². The second kappa shape index (κ2) is 4.87. The summed E-state index contributed by atoms with van der Waals surface area (Å²) in [6.07, 6.45) is 3.51. The number of carbonyl (C=O) groups excluding carboxylic acids is 1. The predicted octanol–water partition coefficient (Wildman–Crippen LogP) is 4.12. The predicted molar refractivity (Wildman–Crippen MR) is 86.5 cm³/mol. The Morgan fingerprint density at radius 3 is 2.84 bits per heavy atom. The molecule has 4 bridgehead atoms. The number of hydrogen-bond acceptors (Lipinski definition) is 4. The van der Waals surface area contributed by atoms with Crippen molar-refractivity contribution in [1.82, 2.24) is 9.97 Å². The summed E-state index contributed by atoms with van der Waals surface area (Å²) in [4.78, 5) is 20.5. The molecule has 4 fully saturated rings. The summed E-state index contributed by atoms with van der Waals surface area (Å²) < 4.78 is 34.5. The number of carbonyl (C=O) groups is 1. The number of rotatable bonds is 3. The molecule has 4 aliphatic rings. The molecular formula is C18H15ClF2N2O2. The second-order valence-electron chi connectivity index (χ2n) is 7.33. The Labute approximate surface area is 147 Å². The van der Waals surface area contributed by atoms with Crippen LogP contribution in [-0.4, -0.2) is 28.5 Å². The third kappa shape index (κ3) is 1.89. The lowest BCUT2D eigenvalue weighted by Crippen LogP contribution is -2.42. The zero-order valence-electron chi connectivity index (χ0n) is 13.2. The third-order valence-electron chi connectivity index (χ3n) is 6.41. The summed E-state index contributed by atoms with van der Waals surface area (Å²) >= 11 is 6.00. The van der Waals surface area contributed by atoms with Gasteiger partial charge < -0.3 is 4.74 Å². The van der Waals surface area contributed by atoms with Crippen molar-refractivity contribution in [3.8, 4) is 0 Å². The van der Waals surface area contributed by atoms with Gasteiger partial charge in [-0.15, -0.1) is 0 Å². The summed E-state index contributed by atoms with van der Waals surface area (Å²) in [5.74, 6) is -3.99. The van der Waals surface area contributed by atoms with Crippen LogP contribution in [0.15, 0.2) is 24.4 Å². The molecule has 130 valence electrons. The van der Waals surface area contributed by atoms with Crippen molar-refractivity contribution >= 4 is 28.5 Å². The van der Waals surface area contributed by atoms with E-state index in [0.717, 1.165) is 11.8 Å². The van der Waals surface area contributed by atoms with E-state index in [1.54, 1.807) is 18.3 Å². The van der Waals surface area contributed by atoms with Crippen molar-refractivity contribution < 1.29 is 18.3 Å². The first-order valence-corrected chi connectivity index (χ1v) is 8.79. The Morgan fingerprint density at radius 1 is 1.28 bits per heavy atom. The van der Waals surface area contributed by atoms with Gasteiger partial charge in [0.05, 0.1) is 5.41 Å². The first-order chi connectivity index (χ1) is 11.9. The van der Waals surface area contributed by atoms with Crippen LogP contribution >= 0.6 is 11.6 Å². The smallest absolute Gasteiger partial charge is 0.356 e. The molecule has 4 atom stereocenters. The summed E-state index contributed by atoms with van der Waals surface area (Å²) in [6.45, 7) is -0.231. The van der Waals surface area contributed by atoms with Crippen LogP contribution in [0, 0.1) is 23.2 Å². The molecule has 0 spiro atoms. The Kier molecular flexibility index (Phi) is 3.01. The molecule has 4 saturated carbocycles. The molecule has 0 saturated heterocycles. The van der Waals surface area contributed by atoms with Gasteiger partial charge in [-0.05, 0) is 43.2 Å². The number of aromatic nitrogens is 2. The average Bonchev–Trinajstić information content (AvgIpc) is 3.23. The zero-order valence-corrected chi connectivity index (χ0v) is 14.0. The lowest BCUT2D eigenvalue weighted by molar-refractivity contribution is -0.142. The van der Waals surface area contributed by atoms with Crippen LogP contribution in [0.25, 0.3) is 10.9 Å². The summed E-state index contributed by atoms with van der Waals surface area (Å²) in [5, 5.41) is 0.935. The third-order valence-corrected chi connectivity index (χ3v) is 6.69. The molecule has 25 heavy (non-hydrogen) atoms. The van der Waals surface area contributed by atoms with Crippen LogP contribution in [-0.2, 0) is 4.74 Å². The number of fused-ring (bicyclic) bond motifs is 2. The van der Waals surface area contributed by atoms with Gasteiger partial charge in [-0.1, -0.05) is 17.7 Å². The molecular weight excluding hydrogens is 350 g/mol. The molecule has 2 aromatic rings. The molecule has 4 aliphatic carbocycles. The summed E-state index contributed by atoms with van der Waals surface area (Å²) in [6, 6.07) is 4.94. The van der Waals surface area contributed by atoms with Gasteiger partial charge in [0.15, 0.2) is 5.15 Å². The van der Waals surface area contributed by atoms with Crippen LogP contribution in [0.5, 0.6) is 0 Å². The summed E-state index contributed by atoms with van der Waals surface area (Å²) in [7, 11) is 0. The van der Waals surface area contributed by atoms with Crippen LogP contribution in [0.1, 0.15) is 29.8 Å². The van der Waals surface area contributed by atoms with Gasteiger partial charge in [-0.3, -0.25) is 0 Å². The molecule has 7 heteroatoms. The number of ether oxygens (including phenoxy) is 1. The number of alkyl halides is 2. The molecule has 0 amide bonds. The quantitative estimate of drug-likeness (QED) is 0.607. The fraction of sp³-hybridized carbons (Fsp3) is 0.500. The van der Waals surface area contributed by atoms with Gasteiger partial charge in [0.25, 0.3) is 5.92 Å². The van der Waals surface area contributed by atoms with Crippen molar-refractivity contribution in [3.63, 3.8) is 0 Å². The van der Waals surface area contributed by atoms with E-state index >= 15 is 0 Å². The number of hydrogen-bond donors (Lipinski definition) is 0. The molecule has 2 aromatic heterocycles. The highest BCUT2D eigenvalue weighted by molar-refractivity contribution is 6.33. The van der Waals surface area contributed by atoms with Gasteiger partial charge in [0, 0.05) is 17.5 Å². The minimum absolute atomic E-state index is 0.00254. The van der Waals surface area contributed by atoms with E-state index in [0.29, 0.717) is 18.4 Å². The maximum absolute atomic E-state index is 14.6. The van der Waals surface area contributed by atoms with Crippen LogP contribution in [0.4, 0.5) is 8.78 Å². The van der Waals surface area contributed by atoms with Gasteiger partial charge in [0.1, 0.15) is 17.8 Å². The van der Waals surface area contributed by atoms with E-state index < -0.39 is 23.2 Å². The van der Waals surface area contributed by atoms with E-state index in [1.165, 1.54) is 6.07 Å². The average molecular weight is 365 g/mol. The minimum atomic E-state index is -2.73. The Morgan fingerprint density at radius 2 is 2.12 bits per heavy atom. The van der Waals surface area contributed by atoms with Gasteiger partial charge in [-0.2, -0.15) is 0 Å². The summed E-state index contributed by atoms with van der Waals surface area (Å²) in [5.41, 5.74) is -0.685. The van der Waals surface area contributed by atoms with E-state index in [9.17, 15) is 13.6 Å². The molecule has 0 aromatic carbocycles. The highest BCUT2D eigenvalue weighted by Gasteiger charge is 2.85. The number of halogens is 3. The highest BCUT2D eigenvalue weighted by atomic mass is 35.5. The van der Waals surface area contributed by atoms with Gasteiger partial charge >= 0.3 is 5.97 Å². The highest BCUT2D eigenvalue weighted by Crippen LogP contribution is 2.81. The maximum Gasteiger partial charge on any atom is 0.356 e. The molecule has 4 unspecified atom stereocenters. The molecule has 0 radical (unpaired) electrons. The lowest BCUT2D eigenvalue weighted by Gasteiger charge is -2.35. The maximum atomic E-state index is 14.6. The fourth-order valence-electron chi connectivity index (χ4n) is 5.14. The first-order valence-electron chi connectivity index (χ1n) is 8.41. The standard InChI is InChI=1S/C18H15ClF2N2O2/c19-15-14-9(5-6-22-15)1-4-13(23-14)16(24)25-8-17-11-3-2-10(7-12(11)17)18(17,20)21/h1,4-6,10-12H,2-3,7-8H2. The zero-order chi connectivity index (χ0) is 17.4. The first kappa shape index (κ1) is 15.4. The molecule has 0 N–H and O–H groups in total. The Bertz CT molecular complexity index is 900. The molecule has 6 rings (SSSR count). The van der Waals surface area contributed by atoms with Crippen molar-refractivity contribution in [2.75, 3.05) is 6.61 Å². The van der Waals surface area contributed by atoms with Crippen LogP contribution in [0.3, 0.4) is 0 Å². The fourth-order valence-corrected chi connectivity index (χ4v) is 5.35. The van der Waals surface area contributed by atoms with Crippen molar-refractivity contribution in [2.24, 2.45) is 23.2 Å². The Balaban J connectivity index is 1.38. The molecule has 2 heterocycles. The van der Waals surface area contributed by atoms with E-state index in [4.69, 9.17) is 16.3 Å². The van der Waals surface area contributed by atoms with E-state index in [2.05, 4.69) is 9.97 Å². The van der Waals surface area contributed by atoms with Crippen molar-refractivity contribution in [1.29, 1.82) is 0 Å². The van der Waals surface area contributed by atoms with E-state index in [-0.39, 0.29) is 29.3 Å². The molecule has 4 nitrogen and oxygen atoms in total. The molecule has 0 aliphatic heterocycles. The van der Waals surface area contributed by atoms with Gasteiger partial charge in [-0.25, -0.2) is 23.5 Å². The van der Waals surface area contributed by atoms with Crippen molar-refractivity contribution in [3.05, 3.63) is 35.2 Å². The number of nitrogens with zero attached hydrogens (tertiary/aromatic N) is 2. The van der Waals surface area contributed by atoms with Crippen molar-refractivity contribution in [2.45, 2.75) is 25.2 Å². The second-order valence-corrected chi connectivity index (χ2v) is 7.69. The van der Waals surface area contributed by atoms with Crippen LogP contribution < -0.4 is 0 Å². The monoisotopic (exact) mass is 364 g/mol. The number of esters is 1. The largest absolute Gasteiger partial charge is 0.460 e. The van der Waals surface area contributed by atoms with Crippen LogP contribution in [0.2, 0.25) is 5.15 Å². The lowest BCUT2D eigenvalue weighted by atomic mass is 9.78. The minimum Gasteiger partial charge on any atom is -0.460 e. The number of pyridine rings is 2. The Hall–Kier alpha value is -1.82.